The summed E-state index contributed by atoms with van der Waals surface area (Å²) in [6, 6.07) is 14.5. The maximum Gasteiger partial charge on any atom is 0.261 e. The molecule has 0 atom stereocenters. The normalized spacial score (nSPS) is 11.0. The van der Waals surface area contributed by atoms with Gasteiger partial charge in [0.25, 0.3) is 5.56 Å². The number of benzene rings is 2. The van der Waals surface area contributed by atoms with Gasteiger partial charge in [-0.1, -0.05) is 33.6 Å². The zero-order chi connectivity index (χ0) is 19.8. The largest absolute Gasteiger partial charge is 0.438 e. The molecule has 0 saturated carbocycles. The fourth-order valence-corrected chi connectivity index (χ4v) is 3.68. The fourth-order valence-electron chi connectivity index (χ4n) is 3.03. The van der Waals surface area contributed by atoms with Crippen molar-refractivity contribution in [2.24, 2.45) is 7.05 Å². The third kappa shape index (κ3) is 3.41. The summed E-state index contributed by atoms with van der Waals surface area (Å²) in [4.78, 5) is 22.0. The number of aromatic nitrogens is 3. The molecule has 0 fully saturated rings. The molecule has 140 valence electrons. The summed E-state index contributed by atoms with van der Waals surface area (Å²) in [7, 11) is 1.68. The number of hydrogen-bond donors (Lipinski definition) is 0. The van der Waals surface area contributed by atoms with E-state index in [2.05, 4.69) is 20.9 Å². The van der Waals surface area contributed by atoms with E-state index >= 15 is 0 Å². The molecule has 4 rings (SSSR count). The van der Waals surface area contributed by atoms with Crippen molar-refractivity contribution < 1.29 is 4.74 Å². The summed E-state index contributed by atoms with van der Waals surface area (Å²) in [5.74, 6) is 1.47. The first kappa shape index (κ1) is 18.7. The molecule has 7 heteroatoms. The topological polar surface area (TPSA) is 57.0 Å². The van der Waals surface area contributed by atoms with Crippen molar-refractivity contribution in [3.8, 4) is 23.0 Å². The van der Waals surface area contributed by atoms with E-state index in [0.29, 0.717) is 38.9 Å². The predicted octanol–water partition coefficient (Wildman–Crippen LogP) is 5.51. The molecule has 0 amide bonds. The van der Waals surface area contributed by atoms with E-state index in [-0.39, 0.29) is 5.56 Å². The number of hydrogen-bond acceptors (Lipinski definition) is 4. The van der Waals surface area contributed by atoms with Crippen LogP contribution >= 0.6 is 27.5 Å². The zero-order valence-corrected chi connectivity index (χ0v) is 17.5. The number of ether oxygens (including phenoxy) is 1. The Kier molecular flexibility index (Phi) is 4.91. The Balaban J connectivity index is 1.92. The minimum Gasteiger partial charge on any atom is -0.438 e. The minimum atomic E-state index is -0.178. The molecule has 2 aromatic heterocycles. The van der Waals surface area contributed by atoms with E-state index in [1.54, 1.807) is 31.4 Å². The number of fused-ring (bicyclic) bond motifs is 1. The van der Waals surface area contributed by atoms with E-state index in [9.17, 15) is 4.79 Å². The van der Waals surface area contributed by atoms with Crippen molar-refractivity contribution >= 4 is 38.4 Å². The van der Waals surface area contributed by atoms with Crippen LogP contribution in [0.1, 0.15) is 5.56 Å². The van der Waals surface area contributed by atoms with E-state index in [1.807, 2.05) is 37.3 Å². The lowest BCUT2D eigenvalue weighted by Gasteiger charge is -2.14. The standard InChI is InChI=1S/C21H15BrClN3O2/c1-12-9-14(23)11-17-18(12)25-19(26(2)21(17)27)16-7-4-8-24-20(16)28-15-6-3-5-13(22)10-15/h3-11H,1-2H3. The van der Waals surface area contributed by atoms with Crippen LogP contribution in [0.15, 0.2) is 64.0 Å². The SMILES string of the molecule is Cc1cc(Cl)cc2c(=O)n(C)c(-c3cccnc3Oc3cccc(Br)c3)nc12. The zero-order valence-electron chi connectivity index (χ0n) is 15.1. The minimum absolute atomic E-state index is 0.178. The molecular weight excluding hydrogens is 442 g/mol. The second kappa shape index (κ2) is 7.37. The van der Waals surface area contributed by atoms with Gasteiger partial charge in [-0.2, -0.15) is 0 Å². The van der Waals surface area contributed by atoms with Crippen LogP contribution in [0, 0.1) is 6.92 Å². The van der Waals surface area contributed by atoms with Gasteiger partial charge in [-0.05, 0) is 55.0 Å². The van der Waals surface area contributed by atoms with Crippen LogP contribution in [-0.2, 0) is 7.05 Å². The Hall–Kier alpha value is -2.70. The van der Waals surface area contributed by atoms with Gasteiger partial charge in [-0.25, -0.2) is 9.97 Å². The Labute approximate surface area is 174 Å². The molecule has 0 radical (unpaired) electrons. The molecule has 0 spiro atoms. The lowest BCUT2D eigenvalue weighted by Crippen LogP contribution is -2.21. The Morgan fingerprint density at radius 3 is 2.75 bits per heavy atom. The highest BCUT2D eigenvalue weighted by Crippen LogP contribution is 2.32. The molecular formula is C21H15BrClN3O2. The van der Waals surface area contributed by atoms with E-state index in [0.717, 1.165) is 10.0 Å². The molecule has 5 nitrogen and oxygen atoms in total. The van der Waals surface area contributed by atoms with Gasteiger partial charge >= 0.3 is 0 Å². The molecule has 0 aliphatic rings. The van der Waals surface area contributed by atoms with Crippen LogP contribution in [0.25, 0.3) is 22.3 Å². The van der Waals surface area contributed by atoms with Crippen molar-refractivity contribution in [3.63, 3.8) is 0 Å². The van der Waals surface area contributed by atoms with Gasteiger partial charge in [0.1, 0.15) is 11.6 Å². The third-order valence-corrected chi connectivity index (χ3v) is 5.07. The summed E-state index contributed by atoms with van der Waals surface area (Å²) in [6.07, 6.45) is 1.64. The van der Waals surface area contributed by atoms with Gasteiger partial charge < -0.3 is 4.74 Å². The van der Waals surface area contributed by atoms with Gasteiger partial charge in [-0.15, -0.1) is 0 Å². The number of aryl methyl sites for hydroxylation is 1. The Morgan fingerprint density at radius 2 is 1.96 bits per heavy atom. The molecule has 0 aliphatic heterocycles. The van der Waals surface area contributed by atoms with E-state index in [4.69, 9.17) is 21.3 Å². The lowest BCUT2D eigenvalue weighted by molar-refractivity contribution is 0.464. The second-order valence-electron chi connectivity index (χ2n) is 6.33. The first-order chi connectivity index (χ1) is 13.4. The van der Waals surface area contributed by atoms with Crippen LogP contribution in [0.4, 0.5) is 0 Å². The van der Waals surface area contributed by atoms with Gasteiger partial charge in [0.2, 0.25) is 5.88 Å². The lowest BCUT2D eigenvalue weighted by atomic mass is 10.1. The quantitative estimate of drug-likeness (QED) is 0.408. The Bertz CT molecular complexity index is 1270. The first-order valence-electron chi connectivity index (χ1n) is 8.50. The third-order valence-electron chi connectivity index (χ3n) is 4.36. The summed E-state index contributed by atoms with van der Waals surface area (Å²) < 4.78 is 8.37. The molecule has 0 unspecified atom stereocenters. The van der Waals surface area contributed by atoms with Crippen LogP contribution in [-0.4, -0.2) is 14.5 Å². The number of halogens is 2. The van der Waals surface area contributed by atoms with Crippen molar-refractivity contribution in [2.75, 3.05) is 0 Å². The van der Waals surface area contributed by atoms with Crippen molar-refractivity contribution in [1.82, 2.24) is 14.5 Å². The molecule has 0 bridgehead atoms. The fraction of sp³-hybridized carbons (Fsp3) is 0.0952. The monoisotopic (exact) mass is 455 g/mol. The maximum absolute atomic E-state index is 12.9. The van der Waals surface area contributed by atoms with Crippen molar-refractivity contribution in [2.45, 2.75) is 6.92 Å². The summed E-state index contributed by atoms with van der Waals surface area (Å²) in [5.41, 5.74) is 1.89. The van der Waals surface area contributed by atoms with E-state index in [1.165, 1.54) is 4.57 Å². The van der Waals surface area contributed by atoms with Gasteiger partial charge in [0, 0.05) is 22.7 Å². The molecule has 0 N–H and O–H groups in total. The predicted molar refractivity (Wildman–Crippen MR) is 114 cm³/mol. The Morgan fingerprint density at radius 1 is 1.14 bits per heavy atom. The van der Waals surface area contributed by atoms with Crippen LogP contribution in [0.2, 0.25) is 5.02 Å². The summed E-state index contributed by atoms with van der Waals surface area (Å²) in [6.45, 7) is 1.88. The van der Waals surface area contributed by atoms with Crippen molar-refractivity contribution in [3.05, 3.63) is 80.1 Å². The molecule has 4 aromatic rings. The van der Waals surface area contributed by atoms with E-state index < -0.39 is 0 Å². The highest BCUT2D eigenvalue weighted by atomic mass is 79.9. The summed E-state index contributed by atoms with van der Waals surface area (Å²) >= 11 is 9.56. The second-order valence-corrected chi connectivity index (χ2v) is 7.69. The number of pyridine rings is 1. The van der Waals surface area contributed by atoms with Gasteiger partial charge in [-0.3, -0.25) is 9.36 Å². The molecule has 2 heterocycles. The van der Waals surface area contributed by atoms with Crippen LogP contribution < -0.4 is 10.3 Å². The maximum atomic E-state index is 12.9. The number of nitrogens with zero attached hydrogens (tertiary/aromatic N) is 3. The average Bonchev–Trinajstić information content (AvgIpc) is 2.66. The smallest absolute Gasteiger partial charge is 0.261 e. The molecule has 2 aromatic carbocycles. The van der Waals surface area contributed by atoms with Crippen molar-refractivity contribution in [1.29, 1.82) is 0 Å². The van der Waals surface area contributed by atoms with Crippen LogP contribution in [0.5, 0.6) is 11.6 Å². The first-order valence-corrected chi connectivity index (χ1v) is 9.67. The summed E-state index contributed by atoms with van der Waals surface area (Å²) in [5, 5.41) is 0.992. The number of rotatable bonds is 3. The molecule has 0 saturated heterocycles. The van der Waals surface area contributed by atoms with Gasteiger partial charge in [0.15, 0.2) is 0 Å². The highest BCUT2D eigenvalue weighted by molar-refractivity contribution is 9.10. The molecule has 28 heavy (non-hydrogen) atoms. The van der Waals surface area contributed by atoms with Gasteiger partial charge in [0.05, 0.1) is 16.5 Å². The van der Waals surface area contributed by atoms with Crippen LogP contribution in [0.3, 0.4) is 0 Å². The average molecular weight is 457 g/mol. The highest BCUT2D eigenvalue weighted by Gasteiger charge is 2.17. The molecule has 0 aliphatic carbocycles.